The van der Waals surface area contributed by atoms with E-state index in [0.717, 1.165) is 26.6 Å². The van der Waals surface area contributed by atoms with Gasteiger partial charge >= 0.3 is 0 Å². The number of amides is 2. The van der Waals surface area contributed by atoms with Gasteiger partial charge in [0.1, 0.15) is 18.3 Å². The van der Waals surface area contributed by atoms with Crippen molar-refractivity contribution in [2.24, 2.45) is 0 Å². The number of carbonyl (C=O) groups is 2. The van der Waals surface area contributed by atoms with Gasteiger partial charge in [0, 0.05) is 24.0 Å². The fraction of sp³-hybridized carbons (Fsp3) is 0.297. The topological polar surface area (TPSA) is 96.0 Å². The summed E-state index contributed by atoms with van der Waals surface area (Å²) in [6.45, 7) is 7.18. The quantitative estimate of drug-likeness (QED) is 0.160. The predicted molar refractivity (Wildman–Crippen MR) is 187 cm³/mol. The molecule has 0 heterocycles. The Balaban J connectivity index is 1.85. The first-order valence-corrected chi connectivity index (χ1v) is 17.4. The van der Waals surface area contributed by atoms with Crippen LogP contribution in [0.1, 0.15) is 42.5 Å². The molecule has 248 valence electrons. The van der Waals surface area contributed by atoms with Gasteiger partial charge in [-0.2, -0.15) is 0 Å². The first-order chi connectivity index (χ1) is 22.4. The Morgan fingerprint density at radius 2 is 1.49 bits per heavy atom. The van der Waals surface area contributed by atoms with E-state index in [-0.39, 0.29) is 46.3 Å². The molecule has 0 saturated carbocycles. The second-order valence-electron chi connectivity index (χ2n) is 11.7. The zero-order valence-electron chi connectivity index (χ0n) is 27.4. The first-order valence-electron chi connectivity index (χ1n) is 15.5. The number of aryl methyl sites for hydroxylation is 2. The van der Waals surface area contributed by atoms with Gasteiger partial charge in [-0.1, -0.05) is 96.4 Å². The predicted octanol–water partition coefficient (Wildman–Crippen LogP) is 6.72. The SMILES string of the molecule is CC[C@H](C)NC(=O)[C@@H](Cc1ccccc1)N(Cc1ccc(C)cc1)C(=O)CN(c1cc(Cl)ccc1OC)S(=O)(=O)c1ccc(C)cc1. The minimum atomic E-state index is -4.31. The summed E-state index contributed by atoms with van der Waals surface area (Å²) in [5, 5.41) is 3.32. The van der Waals surface area contributed by atoms with Gasteiger partial charge in [0.25, 0.3) is 10.0 Å². The maximum atomic E-state index is 14.7. The molecule has 0 aliphatic carbocycles. The molecule has 0 bridgehead atoms. The summed E-state index contributed by atoms with van der Waals surface area (Å²) in [6.07, 6.45) is 0.929. The van der Waals surface area contributed by atoms with Crippen LogP contribution in [-0.4, -0.2) is 50.9 Å². The lowest BCUT2D eigenvalue weighted by molar-refractivity contribution is -0.140. The smallest absolute Gasteiger partial charge is 0.264 e. The van der Waals surface area contributed by atoms with Crippen molar-refractivity contribution < 1.29 is 22.7 Å². The number of methoxy groups -OCH3 is 1. The molecule has 10 heteroatoms. The van der Waals surface area contributed by atoms with Crippen molar-refractivity contribution in [2.45, 2.75) is 64.1 Å². The number of benzene rings is 4. The third-order valence-corrected chi connectivity index (χ3v) is 10.1. The summed E-state index contributed by atoms with van der Waals surface area (Å²) < 4.78 is 35.2. The molecule has 0 fully saturated rings. The summed E-state index contributed by atoms with van der Waals surface area (Å²) in [5.41, 5.74) is 3.69. The number of nitrogens with zero attached hydrogens (tertiary/aromatic N) is 2. The van der Waals surface area contributed by atoms with Crippen molar-refractivity contribution in [3.63, 3.8) is 0 Å². The average molecular weight is 676 g/mol. The van der Waals surface area contributed by atoms with Crippen molar-refractivity contribution in [1.29, 1.82) is 0 Å². The van der Waals surface area contributed by atoms with Crippen LogP contribution in [0.4, 0.5) is 5.69 Å². The van der Waals surface area contributed by atoms with Crippen LogP contribution in [0.2, 0.25) is 5.02 Å². The van der Waals surface area contributed by atoms with E-state index in [1.807, 2.05) is 82.3 Å². The lowest BCUT2D eigenvalue weighted by atomic mass is 10.0. The third-order valence-electron chi connectivity index (χ3n) is 8.04. The highest BCUT2D eigenvalue weighted by atomic mass is 35.5. The molecule has 47 heavy (non-hydrogen) atoms. The second-order valence-corrected chi connectivity index (χ2v) is 14.0. The van der Waals surface area contributed by atoms with Gasteiger partial charge in [-0.25, -0.2) is 8.42 Å². The molecule has 4 aromatic carbocycles. The van der Waals surface area contributed by atoms with Gasteiger partial charge in [0.2, 0.25) is 11.8 Å². The van der Waals surface area contributed by atoms with Crippen LogP contribution in [0.25, 0.3) is 0 Å². The number of nitrogens with one attached hydrogen (secondary N) is 1. The number of halogens is 1. The Hall–Kier alpha value is -4.34. The van der Waals surface area contributed by atoms with Crippen LogP contribution in [0, 0.1) is 13.8 Å². The summed E-state index contributed by atoms with van der Waals surface area (Å²) in [7, 11) is -2.89. The highest BCUT2D eigenvalue weighted by Crippen LogP contribution is 2.35. The Morgan fingerprint density at radius 3 is 2.09 bits per heavy atom. The summed E-state index contributed by atoms with van der Waals surface area (Å²) in [6, 6.07) is 27.1. The van der Waals surface area contributed by atoms with Gasteiger partial charge in [0.05, 0.1) is 17.7 Å². The minimum Gasteiger partial charge on any atom is -0.495 e. The van der Waals surface area contributed by atoms with Gasteiger partial charge in [-0.3, -0.25) is 13.9 Å². The van der Waals surface area contributed by atoms with Crippen LogP contribution in [0.3, 0.4) is 0 Å². The van der Waals surface area contributed by atoms with E-state index in [1.54, 1.807) is 24.3 Å². The number of rotatable bonds is 14. The van der Waals surface area contributed by atoms with Crippen LogP contribution in [0.15, 0.2) is 102 Å². The molecule has 0 unspecified atom stereocenters. The highest BCUT2D eigenvalue weighted by molar-refractivity contribution is 7.92. The van der Waals surface area contributed by atoms with Crippen molar-refractivity contribution >= 4 is 39.1 Å². The Labute approximate surface area is 283 Å². The molecule has 2 amide bonds. The standard InChI is InChI=1S/C37H42ClN3O5S/c1-6-28(4)39-37(43)34(22-29-10-8-7-9-11-29)40(24-30-16-12-26(2)13-17-30)36(42)25-41(33-23-31(38)18-21-35(33)46-5)47(44,45)32-19-14-27(3)15-20-32/h7-21,23,28,34H,6,22,24-25H2,1-5H3,(H,39,43)/t28-,34+/m0/s1. The van der Waals surface area contributed by atoms with Crippen LogP contribution >= 0.6 is 11.6 Å². The zero-order valence-corrected chi connectivity index (χ0v) is 29.0. The molecule has 8 nitrogen and oxygen atoms in total. The molecule has 1 N–H and O–H groups in total. The number of sulfonamides is 1. The van der Waals surface area contributed by atoms with E-state index >= 15 is 0 Å². The maximum absolute atomic E-state index is 14.7. The zero-order chi connectivity index (χ0) is 34.1. The minimum absolute atomic E-state index is 0.00152. The van der Waals surface area contributed by atoms with Crippen LogP contribution < -0.4 is 14.4 Å². The average Bonchev–Trinajstić information content (AvgIpc) is 3.06. The summed E-state index contributed by atoms with van der Waals surface area (Å²) in [4.78, 5) is 30.1. The van der Waals surface area contributed by atoms with Gasteiger partial charge in [-0.15, -0.1) is 0 Å². The first kappa shape index (κ1) is 35.5. The molecular formula is C37H42ClN3O5S. The number of carbonyl (C=O) groups excluding carboxylic acids is 2. The Morgan fingerprint density at radius 1 is 0.872 bits per heavy atom. The van der Waals surface area contributed by atoms with E-state index in [2.05, 4.69) is 5.32 Å². The van der Waals surface area contributed by atoms with E-state index in [1.165, 1.54) is 30.2 Å². The number of ether oxygens (including phenoxy) is 1. The van der Waals surface area contributed by atoms with Gasteiger partial charge in [0.15, 0.2) is 0 Å². The van der Waals surface area contributed by atoms with E-state index in [4.69, 9.17) is 16.3 Å². The Kier molecular flexibility index (Phi) is 12.1. The molecule has 0 saturated heterocycles. The molecule has 2 atom stereocenters. The van der Waals surface area contributed by atoms with Crippen molar-refractivity contribution in [1.82, 2.24) is 10.2 Å². The normalized spacial score (nSPS) is 12.6. The monoisotopic (exact) mass is 675 g/mol. The number of hydrogen-bond donors (Lipinski definition) is 1. The number of hydrogen-bond acceptors (Lipinski definition) is 5. The third kappa shape index (κ3) is 9.14. The van der Waals surface area contributed by atoms with Crippen LogP contribution in [0.5, 0.6) is 5.75 Å². The summed E-state index contributed by atoms with van der Waals surface area (Å²) in [5.74, 6) is -0.668. The molecule has 0 spiro atoms. The van der Waals surface area contributed by atoms with Crippen molar-refractivity contribution in [3.8, 4) is 5.75 Å². The molecule has 0 radical (unpaired) electrons. The van der Waals surface area contributed by atoms with E-state index < -0.39 is 28.5 Å². The maximum Gasteiger partial charge on any atom is 0.264 e. The fourth-order valence-corrected chi connectivity index (χ4v) is 6.68. The molecule has 4 aromatic rings. The van der Waals surface area contributed by atoms with Gasteiger partial charge < -0.3 is 15.0 Å². The molecule has 0 aromatic heterocycles. The van der Waals surface area contributed by atoms with E-state index in [0.29, 0.717) is 6.42 Å². The summed E-state index contributed by atoms with van der Waals surface area (Å²) >= 11 is 6.37. The van der Waals surface area contributed by atoms with E-state index in [9.17, 15) is 18.0 Å². The second kappa shape index (κ2) is 16.0. The molecule has 0 aliphatic heterocycles. The number of anilines is 1. The molecular weight excluding hydrogens is 634 g/mol. The Bertz CT molecular complexity index is 1760. The van der Waals surface area contributed by atoms with Crippen LogP contribution in [-0.2, 0) is 32.6 Å². The lowest BCUT2D eigenvalue weighted by Crippen LogP contribution is -2.54. The molecule has 4 rings (SSSR count). The highest BCUT2D eigenvalue weighted by Gasteiger charge is 2.36. The van der Waals surface area contributed by atoms with Crippen molar-refractivity contribution in [3.05, 3.63) is 124 Å². The van der Waals surface area contributed by atoms with Crippen molar-refractivity contribution in [2.75, 3.05) is 18.0 Å². The lowest BCUT2D eigenvalue weighted by Gasteiger charge is -2.34. The largest absolute Gasteiger partial charge is 0.495 e. The molecule has 0 aliphatic rings. The van der Waals surface area contributed by atoms with Gasteiger partial charge in [-0.05, 0) is 68.7 Å². The fourth-order valence-electron chi connectivity index (χ4n) is 5.09.